The van der Waals surface area contributed by atoms with Crippen molar-refractivity contribution in [3.63, 3.8) is 0 Å². The van der Waals surface area contributed by atoms with E-state index >= 15 is 0 Å². The molecule has 3 rings (SSSR count). The molecule has 0 spiro atoms. The van der Waals surface area contributed by atoms with Crippen molar-refractivity contribution in [3.05, 3.63) is 11.1 Å². The number of H-pyrrole nitrogens is 1. The van der Waals surface area contributed by atoms with Gasteiger partial charge in [-0.05, 0) is 30.5 Å². The number of fused-ring (bicyclic) bond motifs is 1. The molecule has 1 aliphatic carbocycles. The fraction of sp³-hybridized carbons (Fsp3) is 0.615. The quantitative estimate of drug-likeness (QED) is 0.877. The zero-order valence-electron chi connectivity index (χ0n) is 11.3. The van der Waals surface area contributed by atoms with Gasteiger partial charge in [0.05, 0.1) is 7.11 Å². The topological polar surface area (TPSA) is 55.7 Å². The van der Waals surface area contributed by atoms with Crippen LogP contribution in [-0.2, 0) is 6.54 Å². The predicted molar refractivity (Wildman–Crippen MR) is 75.8 cm³/mol. The predicted octanol–water partition coefficient (Wildman–Crippen LogP) is 3.08. The van der Waals surface area contributed by atoms with Gasteiger partial charge < -0.3 is 14.3 Å². The minimum atomic E-state index is 0.325. The molecule has 2 aromatic heterocycles. The number of hydrogen-bond acceptors (Lipinski definition) is 4. The lowest BCUT2D eigenvalue weighted by Gasteiger charge is -2.23. The summed E-state index contributed by atoms with van der Waals surface area (Å²) in [5.74, 6) is 0.548. The molecule has 2 aromatic rings. The Labute approximate surface area is 117 Å². The minimum absolute atomic E-state index is 0.325. The van der Waals surface area contributed by atoms with E-state index in [-0.39, 0.29) is 0 Å². The summed E-state index contributed by atoms with van der Waals surface area (Å²) in [6.45, 7) is 3.24. The molecule has 0 amide bonds. The second kappa shape index (κ2) is 4.59. The van der Waals surface area contributed by atoms with E-state index in [4.69, 9.17) is 17.0 Å². The lowest BCUT2D eigenvalue weighted by molar-refractivity contribution is 0.283. The molecule has 0 saturated heterocycles. The van der Waals surface area contributed by atoms with Crippen molar-refractivity contribution in [1.82, 2.24) is 19.5 Å². The molecule has 0 unspecified atom stereocenters. The van der Waals surface area contributed by atoms with Crippen molar-refractivity contribution in [2.24, 2.45) is 5.41 Å². The first-order valence-electron chi connectivity index (χ1n) is 6.60. The third kappa shape index (κ3) is 2.14. The zero-order chi connectivity index (χ0) is 13.5. The summed E-state index contributed by atoms with van der Waals surface area (Å²) in [5.41, 5.74) is 1.95. The van der Waals surface area contributed by atoms with E-state index in [1.165, 1.54) is 32.0 Å². The highest BCUT2D eigenvalue weighted by Crippen LogP contribution is 2.39. The molecule has 5 nitrogen and oxygen atoms in total. The summed E-state index contributed by atoms with van der Waals surface area (Å²) in [5, 5.41) is 0. The summed E-state index contributed by atoms with van der Waals surface area (Å²) in [6.07, 6.45) is 6.65. The Morgan fingerprint density at radius 1 is 1.42 bits per heavy atom. The number of ether oxygens (including phenoxy) is 1. The van der Waals surface area contributed by atoms with E-state index in [1.807, 2.05) is 0 Å². The summed E-state index contributed by atoms with van der Waals surface area (Å²) in [4.78, 5) is 11.6. The van der Waals surface area contributed by atoms with Crippen LogP contribution in [0.3, 0.4) is 0 Å². The normalized spacial score (nSPS) is 18.0. The molecule has 1 N–H and O–H groups in total. The Balaban J connectivity index is 2.08. The molecule has 102 valence electrons. The largest absolute Gasteiger partial charge is 0.479 e. The fourth-order valence-electron chi connectivity index (χ4n) is 3.02. The molecule has 1 saturated carbocycles. The SMILES string of the molecule is COc1ncnc2c1[nH]c(=S)n2CC1(C)CCCC1. The summed E-state index contributed by atoms with van der Waals surface area (Å²) in [6, 6.07) is 0. The first-order valence-corrected chi connectivity index (χ1v) is 7.01. The number of imidazole rings is 1. The van der Waals surface area contributed by atoms with Crippen LogP contribution < -0.4 is 4.74 Å². The van der Waals surface area contributed by atoms with Crippen LogP contribution in [0, 0.1) is 10.2 Å². The first kappa shape index (κ1) is 12.6. The van der Waals surface area contributed by atoms with E-state index < -0.39 is 0 Å². The van der Waals surface area contributed by atoms with Gasteiger partial charge in [-0.25, -0.2) is 4.98 Å². The summed E-state index contributed by atoms with van der Waals surface area (Å²) >= 11 is 5.43. The van der Waals surface area contributed by atoms with Gasteiger partial charge in [0.1, 0.15) is 11.8 Å². The van der Waals surface area contributed by atoms with Gasteiger partial charge in [0, 0.05) is 6.54 Å². The number of nitrogens with zero attached hydrogens (tertiary/aromatic N) is 3. The van der Waals surface area contributed by atoms with Gasteiger partial charge in [-0.2, -0.15) is 4.98 Å². The Hall–Kier alpha value is -1.43. The van der Waals surface area contributed by atoms with Crippen molar-refractivity contribution < 1.29 is 4.74 Å². The van der Waals surface area contributed by atoms with Gasteiger partial charge in [0.2, 0.25) is 5.88 Å². The summed E-state index contributed by atoms with van der Waals surface area (Å²) in [7, 11) is 1.61. The number of rotatable bonds is 3. The third-order valence-corrected chi connectivity index (χ3v) is 4.39. The highest BCUT2D eigenvalue weighted by Gasteiger charge is 2.30. The first-order chi connectivity index (χ1) is 9.13. The van der Waals surface area contributed by atoms with E-state index in [0.717, 1.165) is 17.7 Å². The molecule has 0 aliphatic heterocycles. The van der Waals surface area contributed by atoms with Crippen LogP contribution in [0.25, 0.3) is 11.2 Å². The molecule has 6 heteroatoms. The van der Waals surface area contributed by atoms with Crippen molar-refractivity contribution in [2.45, 2.75) is 39.2 Å². The van der Waals surface area contributed by atoms with Crippen molar-refractivity contribution >= 4 is 23.4 Å². The van der Waals surface area contributed by atoms with Crippen LogP contribution in [0.2, 0.25) is 0 Å². The molecule has 0 atom stereocenters. The highest BCUT2D eigenvalue weighted by atomic mass is 32.1. The van der Waals surface area contributed by atoms with Gasteiger partial charge in [0.25, 0.3) is 0 Å². The highest BCUT2D eigenvalue weighted by molar-refractivity contribution is 7.71. The molecule has 0 bridgehead atoms. The van der Waals surface area contributed by atoms with Crippen LogP contribution in [0.15, 0.2) is 6.33 Å². The van der Waals surface area contributed by atoms with Crippen molar-refractivity contribution in [3.8, 4) is 5.88 Å². The Bertz CT molecular complexity index is 654. The van der Waals surface area contributed by atoms with Crippen molar-refractivity contribution in [2.75, 3.05) is 7.11 Å². The Morgan fingerprint density at radius 2 is 2.16 bits per heavy atom. The van der Waals surface area contributed by atoms with Gasteiger partial charge in [-0.3, -0.25) is 0 Å². The van der Waals surface area contributed by atoms with Crippen LogP contribution >= 0.6 is 12.2 Å². The number of nitrogens with one attached hydrogen (secondary N) is 1. The molecule has 1 fully saturated rings. The number of aromatic nitrogens is 4. The minimum Gasteiger partial charge on any atom is -0.479 e. The monoisotopic (exact) mass is 278 g/mol. The molecule has 2 heterocycles. The Morgan fingerprint density at radius 3 is 2.84 bits per heavy atom. The number of methoxy groups -OCH3 is 1. The van der Waals surface area contributed by atoms with Gasteiger partial charge in [0.15, 0.2) is 10.4 Å². The van der Waals surface area contributed by atoms with E-state index in [2.05, 4.69) is 26.4 Å². The third-order valence-electron chi connectivity index (χ3n) is 4.07. The van der Waals surface area contributed by atoms with Gasteiger partial charge in [-0.15, -0.1) is 0 Å². The van der Waals surface area contributed by atoms with E-state index in [9.17, 15) is 0 Å². The molecule has 19 heavy (non-hydrogen) atoms. The Kier molecular flexibility index (Phi) is 3.05. The molecule has 0 aromatic carbocycles. The average molecular weight is 278 g/mol. The maximum absolute atomic E-state index is 5.43. The molecule has 1 aliphatic rings. The van der Waals surface area contributed by atoms with Crippen LogP contribution in [-0.4, -0.2) is 26.6 Å². The van der Waals surface area contributed by atoms with Crippen LogP contribution in [0.5, 0.6) is 5.88 Å². The second-order valence-corrected chi connectivity index (χ2v) is 6.00. The van der Waals surface area contributed by atoms with Gasteiger partial charge >= 0.3 is 0 Å². The smallest absolute Gasteiger partial charge is 0.242 e. The second-order valence-electron chi connectivity index (χ2n) is 5.62. The maximum atomic E-state index is 5.43. The van der Waals surface area contributed by atoms with Crippen LogP contribution in [0.1, 0.15) is 32.6 Å². The number of aromatic amines is 1. The zero-order valence-corrected chi connectivity index (χ0v) is 12.1. The number of hydrogen-bond donors (Lipinski definition) is 1. The maximum Gasteiger partial charge on any atom is 0.242 e. The lowest BCUT2D eigenvalue weighted by Crippen LogP contribution is -2.19. The van der Waals surface area contributed by atoms with Crippen LogP contribution in [0.4, 0.5) is 0 Å². The average Bonchev–Trinajstić information content (AvgIpc) is 2.95. The fourth-order valence-corrected chi connectivity index (χ4v) is 3.27. The lowest BCUT2D eigenvalue weighted by atomic mass is 9.89. The molecular weight excluding hydrogens is 260 g/mol. The standard InChI is InChI=1S/C13H18N4OS/c1-13(5-3-4-6-13)7-17-10-9(16-12(17)19)11(18-2)15-8-14-10/h8H,3-7H2,1-2H3,(H,16,19). The van der Waals surface area contributed by atoms with E-state index in [0.29, 0.717) is 16.1 Å². The summed E-state index contributed by atoms with van der Waals surface area (Å²) < 4.78 is 8.03. The van der Waals surface area contributed by atoms with Crippen molar-refractivity contribution in [1.29, 1.82) is 0 Å². The molecular formula is C13H18N4OS. The van der Waals surface area contributed by atoms with E-state index in [1.54, 1.807) is 7.11 Å². The molecule has 0 radical (unpaired) electrons. The van der Waals surface area contributed by atoms with Gasteiger partial charge in [-0.1, -0.05) is 19.8 Å².